The molecule has 1 saturated heterocycles. The standard InChI is InChI=1S/C14H26N4O3/c1-3-4-9-14(2)12(20)18(13(21)16-14)10-7-5-6-8-11(19)17-15/h3-10,15H2,1-2H3,(H,16,21)(H,17,19). The van der Waals surface area contributed by atoms with E-state index in [1.807, 2.05) is 0 Å². The molecule has 0 saturated carbocycles. The molecule has 4 amide bonds. The van der Waals surface area contributed by atoms with E-state index in [1.54, 1.807) is 6.92 Å². The second-order valence-electron chi connectivity index (χ2n) is 5.70. The first kappa shape index (κ1) is 17.4. The van der Waals surface area contributed by atoms with Gasteiger partial charge < -0.3 is 5.32 Å². The van der Waals surface area contributed by atoms with Crippen LogP contribution in [0.2, 0.25) is 0 Å². The molecule has 0 aromatic heterocycles. The smallest absolute Gasteiger partial charge is 0.323 e. The molecule has 1 heterocycles. The highest BCUT2D eigenvalue weighted by molar-refractivity contribution is 6.06. The number of imide groups is 1. The van der Waals surface area contributed by atoms with Gasteiger partial charge in [0.15, 0.2) is 0 Å². The van der Waals surface area contributed by atoms with Gasteiger partial charge in [0.05, 0.1) is 0 Å². The summed E-state index contributed by atoms with van der Waals surface area (Å²) in [5.41, 5.74) is 1.32. The SMILES string of the molecule is CCCCC1(C)NC(=O)N(CCCCCC(=O)NN)C1=O. The number of hydrazine groups is 1. The summed E-state index contributed by atoms with van der Waals surface area (Å²) in [5, 5.41) is 2.79. The van der Waals surface area contributed by atoms with Gasteiger partial charge in [-0.1, -0.05) is 26.2 Å². The van der Waals surface area contributed by atoms with Crippen LogP contribution in [-0.2, 0) is 9.59 Å². The molecule has 1 aliphatic heterocycles. The first-order chi connectivity index (χ1) is 9.94. The second-order valence-corrected chi connectivity index (χ2v) is 5.70. The van der Waals surface area contributed by atoms with Crippen molar-refractivity contribution < 1.29 is 14.4 Å². The van der Waals surface area contributed by atoms with E-state index in [-0.39, 0.29) is 17.8 Å². The molecule has 1 atom stereocenters. The molecule has 7 heteroatoms. The number of rotatable bonds is 9. The van der Waals surface area contributed by atoms with Crippen LogP contribution in [0.25, 0.3) is 0 Å². The van der Waals surface area contributed by atoms with E-state index < -0.39 is 5.54 Å². The van der Waals surface area contributed by atoms with E-state index in [2.05, 4.69) is 17.7 Å². The number of carbonyl (C=O) groups is 3. The van der Waals surface area contributed by atoms with Crippen molar-refractivity contribution in [2.75, 3.05) is 6.54 Å². The van der Waals surface area contributed by atoms with E-state index in [9.17, 15) is 14.4 Å². The maximum Gasteiger partial charge on any atom is 0.325 e. The van der Waals surface area contributed by atoms with Crippen molar-refractivity contribution >= 4 is 17.8 Å². The lowest BCUT2D eigenvalue weighted by Crippen LogP contribution is -2.43. The van der Waals surface area contributed by atoms with Gasteiger partial charge in [0.1, 0.15) is 5.54 Å². The second kappa shape index (κ2) is 7.97. The average Bonchev–Trinajstić information content (AvgIpc) is 2.67. The molecule has 0 radical (unpaired) electrons. The topological polar surface area (TPSA) is 105 Å². The van der Waals surface area contributed by atoms with Gasteiger partial charge in [-0.3, -0.25) is 19.9 Å². The van der Waals surface area contributed by atoms with E-state index in [0.29, 0.717) is 32.2 Å². The fourth-order valence-electron chi connectivity index (χ4n) is 2.45. The summed E-state index contributed by atoms with van der Waals surface area (Å²) in [5.74, 6) is 4.65. The van der Waals surface area contributed by atoms with E-state index >= 15 is 0 Å². The van der Waals surface area contributed by atoms with Crippen LogP contribution in [-0.4, -0.2) is 34.8 Å². The summed E-state index contributed by atoms with van der Waals surface area (Å²) in [4.78, 5) is 36.5. The summed E-state index contributed by atoms with van der Waals surface area (Å²) in [6.07, 6.45) is 5.09. The molecule has 0 spiro atoms. The first-order valence-corrected chi connectivity index (χ1v) is 7.58. The third-order valence-corrected chi connectivity index (χ3v) is 3.82. The van der Waals surface area contributed by atoms with Crippen molar-refractivity contribution in [3.8, 4) is 0 Å². The number of nitrogens with one attached hydrogen (secondary N) is 2. The van der Waals surface area contributed by atoms with Crippen molar-refractivity contribution in [2.24, 2.45) is 5.84 Å². The van der Waals surface area contributed by atoms with Gasteiger partial charge in [-0.05, 0) is 26.2 Å². The molecule has 0 aromatic carbocycles. The molecule has 21 heavy (non-hydrogen) atoms. The molecule has 1 fully saturated rings. The number of amides is 4. The maximum absolute atomic E-state index is 12.3. The number of unbranched alkanes of at least 4 members (excludes halogenated alkanes) is 3. The Hall–Kier alpha value is -1.63. The summed E-state index contributed by atoms with van der Waals surface area (Å²) in [6.45, 7) is 4.24. The largest absolute Gasteiger partial charge is 0.325 e. The summed E-state index contributed by atoms with van der Waals surface area (Å²) in [7, 11) is 0. The Morgan fingerprint density at radius 3 is 2.62 bits per heavy atom. The third kappa shape index (κ3) is 4.70. The van der Waals surface area contributed by atoms with Crippen molar-refractivity contribution in [3.63, 3.8) is 0 Å². The van der Waals surface area contributed by atoms with Crippen LogP contribution in [0.15, 0.2) is 0 Å². The Kier molecular flexibility index (Phi) is 6.61. The van der Waals surface area contributed by atoms with Gasteiger partial charge in [-0.2, -0.15) is 0 Å². The molecular formula is C14H26N4O3. The van der Waals surface area contributed by atoms with Crippen LogP contribution >= 0.6 is 0 Å². The molecular weight excluding hydrogens is 272 g/mol. The molecule has 0 bridgehead atoms. The van der Waals surface area contributed by atoms with Crippen LogP contribution in [0.4, 0.5) is 4.79 Å². The highest BCUT2D eigenvalue weighted by atomic mass is 16.2. The predicted octanol–water partition coefficient (Wildman–Crippen LogP) is 1.04. The van der Waals surface area contributed by atoms with Gasteiger partial charge in [0.2, 0.25) is 5.91 Å². The Morgan fingerprint density at radius 2 is 2.00 bits per heavy atom. The van der Waals surface area contributed by atoms with Gasteiger partial charge in [-0.15, -0.1) is 0 Å². The zero-order valence-electron chi connectivity index (χ0n) is 12.9. The highest BCUT2D eigenvalue weighted by Crippen LogP contribution is 2.23. The molecule has 120 valence electrons. The lowest BCUT2D eigenvalue weighted by molar-refractivity contribution is -0.131. The number of nitrogens with zero attached hydrogens (tertiary/aromatic N) is 1. The Morgan fingerprint density at radius 1 is 1.29 bits per heavy atom. The molecule has 7 nitrogen and oxygen atoms in total. The minimum absolute atomic E-state index is 0.138. The van der Waals surface area contributed by atoms with E-state index in [0.717, 1.165) is 19.3 Å². The minimum atomic E-state index is -0.757. The van der Waals surface area contributed by atoms with Gasteiger partial charge >= 0.3 is 6.03 Å². The molecule has 1 rings (SSSR count). The van der Waals surface area contributed by atoms with Crippen molar-refractivity contribution in [1.82, 2.24) is 15.6 Å². The van der Waals surface area contributed by atoms with Crippen LogP contribution in [0.1, 0.15) is 58.8 Å². The highest BCUT2D eigenvalue weighted by Gasteiger charge is 2.46. The molecule has 0 aromatic rings. The normalized spacial score (nSPS) is 21.6. The number of nitrogens with two attached hydrogens (primary N) is 1. The molecule has 4 N–H and O–H groups in total. The van der Waals surface area contributed by atoms with Crippen molar-refractivity contribution in [3.05, 3.63) is 0 Å². The lowest BCUT2D eigenvalue weighted by atomic mass is 9.95. The summed E-state index contributed by atoms with van der Waals surface area (Å²) >= 11 is 0. The maximum atomic E-state index is 12.3. The number of hydrogen-bond donors (Lipinski definition) is 3. The quantitative estimate of drug-likeness (QED) is 0.194. The first-order valence-electron chi connectivity index (χ1n) is 7.58. The zero-order chi connectivity index (χ0) is 15.9. The molecule has 0 aliphatic carbocycles. The number of carbonyl (C=O) groups excluding carboxylic acids is 3. The fraction of sp³-hybridized carbons (Fsp3) is 0.786. The molecule has 1 aliphatic rings. The van der Waals surface area contributed by atoms with Gasteiger partial charge in [0.25, 0.3) is 5.91 Å². The fourth-order valence-corrected chi connectivity index (χ4v) is 2.45. The molecule has 1 unspecified atom stereocenters. The summed E-state index contributed by atoms with van der Waals surface area (Å²) < 4.78 is 0. The Bertz CT molecular complexity index is 400. The average molecular weight is 298 g/mol. The minimum Gasteiger partial charge on any atom is -0.323 e. The predicted molar refractivity (Wildman–Crippen MR) is 79.0 cm³/mol. The van der Waals surface area contributed by atoms with E-state index in [4.69, 9.17) is 5.84 Å². The summed E-state index contributed by atoms with van der Waals surface area (Å²) in [6, 6.07) is -0.307. The van der Waals surface area contributed by atoms with Gasteiger partial charge in [0, 0.05) is 13.0 Å². The van der Waals surface area contributed by atoms with Crippen LogP contribution in [0.3, 0.4) is 0 Å². The van der Waals surface area contributed by atoms with Crippen LogP contribution in [0.5, 0.6) is 0 Å². The number of hydrogen-bond acceptors (Lipinski definition) is 4. The third-order valence-electron chi connectivity index (χ3n) is 3.82. The monoisotopic (exact) mass is 298 g/mol. The van der Waals surface area contributed by atoms with Crippen LogP contribution < -0.4 is 16.6 Å². The zero-order valence-corrected chi connectivity index (χ0v) is 12.9. The number of urea groups is 1. The van der Waals surface area contributed by atoms with Crippen molar-refractivity contribution in [1.29, 1.82) is 0 Å². The van der Waals surface area contributed by atoms with E-state index in [1.165, 1.54) is 4.90 Å². The Labute approximate surface area is 125 Å². The van der Waals surface area contributed by atoms with Crippen molar-refractivity contribution in [2.45, 2.75) is 64.3 Å². The lowest BCUT2D eigenvalue weighted by Gasteiger charge is -2.21. The van der Waals surface area contributed by atoms with Crippen LogP contribution in [0, 0.1) is 0 Å². The van der Waals surface area contributed by atoms with Gasteiger partial charge in [-0.25, -0.2) is 10.6 Å². The Balaban J connectivity index is 2.37.